The Bertz CT molecular complexity index is 1300. The summed E-state index contributed by atoms with van der Waals surface area (Å²) < 4.78 is 2.02. The molecule has 0 saturated heterocycles. The smallest absolute Gasteiger partial charge is 0.251 e. The van der Waals surface area contributed by atoms with Crippen molar-refractivity contribution < 1.29 is 9.59 Å². The number of carbonyl (C=O) groups is 2. The maximum Gasteiger partial charge on any atom is 0.251 e. The molecule has 1 aliphatic carbocycles. The van der Waals surface area contributed by atoms with Crippen molar-refractivity contribution in [3.05, 3.63) is 95.9 Å². The Morgan fingerprint density at radius 1 is 1.00 bits per heavy atom. The van der Waals surface area contributed by atoms with E-state index >= 15 is 0 Å². The number of fused-ring (bicyclic) bond motifs is 1. The molecule has 6 heteroatoms. The summed E-state index contributed by atoms with van der Waals surface area (Å²) in [6, 6.07) is 22.1. The highest BCUT2D eigenvalue weighted by molar-refractivity contribution is 5.96. The quantitative estimate of drug-likeness (QED) is 0.460. The molecule has 33 heavy (non-hydrogen) atoms. The summed E-state index contributed by atoms with van der Waals surface area (Å²) in [5, 5.41) is 8.22. The van der Waals surface area contributed by atoms with Crippen LogP contribution in [0.15, 0.2) is 79.3 Å². The molecule has 1 fully saturated rings. The Morgan fingerprint density at radius 2 is 1.76 bits per heavy atom. The molecule has 166 valence electrons. The number of benzene rings is 3. The molecule has 4 aromatic rings. The number of nitrogens with zero attached hydrogens (tertiary/aromatic N) is 2. The van der Waals surface area contributed by atoms with Crippen LogP contribution < -0.4 is 10.6 Å². The minimum Gasteiger partial charge on any atom is -0.349 e. The molecule has 0 radical (unpaired) electrons. The monoisotopic (exact) mass is 438 g/mol. The first-order valence-corrected chi connectivity index (χ1v) is 11.2. The van der Waals surface area contributed by atoms with Crippen molar-refractivity contribution in [2.24, 2.45) is 0 Å². The first kappa shape index (κ1) is 20.9. The van der Waals surface area contributed by atoms with E-state index in [0.29, 0.717) is 17.8 Å². The Balaban J connectivity index is 1.14. The number of hydrogen-bond acceptors (Lipinski definition) is 3. The van der Waals surface area contributed by atoms with Crippen molar-refractivity contribution in [2.45, 2.75) is 38.3 Å². The number of aromatic nitrogens is 2. The summed E-state index contributed by atoms with van der Waals surface area (Å²) >= 11 is 0. The highest BCUT2D eigenvalue weighted by Gasteiger charge is 2.31. The van der Waals surface area contributed by atoms with Crippen molar-refractivity contribution in [1.29, 1.82) is 0 Å². The van der Waals surface area contributed by atoms with Crippen LogP contribution in [0.3, 0.4) is 0 Å². The van der Waals surface area contributed by atoms with Gasteiger partial charge < -0.3 is 15.2 Å². The summed E-state index contributed by atoms with van der Waals surface area (Å²) in [5.41, 5.74) is 2.81. The van der Waals surface area contributed by atoms with Gasteiger partial charge in [-0.15, -0.1) is 0 Å². The van der Waals surface area contributed by atoms with Crippen molar-refractivity contribution in [3.8, 4) is 0 Å². The average molecular weight is 439 g/mol. The lowest BCUT2D eigenvalue weighted by atomic mass is 9.86. The van der Waals surface area contributed by atoms with Crippen LogP contribution in [0.5, 0.6) is 0 Å². The fraction of sp³-hybridized carbons (Fsp3) is 0.222. The van der Waals surface area contributed by atoms with Gasteiger partial charge >= 0.3 is 0 Å². The SMILES string of the molecule is Cc1ccc(C(=O)NC2CC(n3cnc(NC(=O)Cc4cccc5ccccc45)c3)C2)cc1. The second kappa shape index (κ2) is 8.90. The lowest BCUT2D eigenvalue weighted by Gasteiger charge is -2.36. The molecular formula is C27H26N4O2. The molecule has 2 amide bonds. The molecule has 0 atom stereocenters. The van der Waals surface area contributed by atoms with Crippen molar-refractivity contribution >= 4 is 28.4 Å². The van der Waals surface area contributed by atoms with Crippen LogP contribution >= 0.6 is 0 Å². The van der Waals surface area contributed by atoms with Crippen molar-refractivity contribution in [2.75, 3.05) is 5.32 Å². The van der Waals surface area contributed by atoms with E-state index in [1.165, 1.54) is 0 Å². The molecule has 5 rings (SSSR count). The van der Waals surface area contributed by atoms with Crippen LogP contribution in [0, 0.1) is 6.92 Å². The van der Waals surface area contributed by atoms with Gasteiger partial charge in [0, 0.05) is 23.8 Å². The van der Waals surface area contributed by atoms with E-state index in [2.05, 4.69) is 15.6 Å². The fourth-order valence-corrected chi connectivity index (χ4v) is 4.33. The molecule has 0 bridgehead atoms. The van der Waals surface area contributed by atoms with E-state index in [-0.39, 0.29) is 23.9 Å². The zero-order chi connectivity index (χ0) is 22.8. The van der Waals surface area contributed by atoms with Gasteiger partial charge in [-0.05, 0) is 48.2 Å². The number of aryl methyl sites for hydroxylation is 1. The fourth-order valence-electron chi connectivity index (χ4n) is 4.33. The van der Waals surface area contributed by atoms with Gasteiger partial charge in [0.15, 0.2) is 5.82 Å². The number of amides is 2. The van der Waals surface area contributed by atoms with Crippen LogP contribution in [0.25, 0.3) is 10.8 Å². The van der Waals surface area contributed by atoms with Crippen molar-refractivity contribution in [3.63, 3.8) is 0 Å². The molecule has 1 heterocycles. The minimum absolute atomic E-state index is 0.0366. The summed E-state index contributed by atoms with van der Waals surface area (Å²) in [7, 11) is 0. The number of hydrogen-bond donors (Lipinski definition) is 2. The molecule has 0 unspecified atom stereocenters. The molecular weight excluding hydrogens is 412 g/mol. The Labute approximate surface area is 192 Å². The second-order valence-electron chi connectivity index (χ2n) is 8.73. The lowest BCUT2D eigenvalue weighted by molar-refractivity contribution is -0.115. The van der Waals surface area contributed by atoms with E-state index in [9.17, 15) is 9.59 Å². The summed E-state index contributed by atoms with van der Waals surface area (Å²) in [4.78, 5) is 29.3. The molecule has 1 aliphatic rings. The molecule has 2 N–H and O–H groups in total. The van der Waals surface area contributed by atoms with E-state index in [1.807, 2.05) is 84.4 Å². The standard InChI is InChI=1S/C27H26N4O2/c1-18-9-11-20(12-10-18)27(33)29-22-14-23(15-22)31-16-25(28-17-31)30-26(32)13-21-7-4-6-19-5-2-3-8-24(19)21/h2-12,16-17,22-23H,13-15H2,1H3,(H,29,33)(H,30,32). The van der Waals surface area contributed by atoms with Gasteiger partial charge in [0.2, 0.25) is 5.91 Å². The molecule has 0 spiro atoms. The third-order valence-corrected chi connectivity index (χ3v) is 6.28. The van der Waals surface area contributed by atoms with Crippen molar-refractivity contribution in [1.82, 2.24) is 14.9 Å². The van der Waals surface area contributed by atoms with Gasteiger partial charge in [0.25, 0.3) is 5.91 Å². The Hall–Kier alpha value is -3.93. The molecule has 0 aliphatic heterocycles. The Kier molecular flexibility index (Phi) is 5.65. The van der Waals surface area contributed by atoms with E-state index in [1.54, 1.807) is 6.33 Å². The minimum atomic E-state index is -0.0894. The first-order valence-electron chi connectivity index (χ1n) is 11.2. The van der Waals surface area contributed by atoms with Gasteiger partial charge in [0.05, 0.1) is 12.7 Å². The highest BCUT2D eigenvalue weighted by Crippen LogP contribution is 2.33. The van der Waals surface area contributed by atoms with Crippen LogP contribution in [0.4, 0.5) is 5.82 Å². The van der Waals surface area contributed by atoms with E-state index in [0.717, 1.165) is 34.7 Å². The van der Waals surface area contributed by atoms with Gasteiger partial charge in [-0.3, -0.25) is 9.59 Å². The van der Waals surface area contributed by atoms with Gasteiger partial charge in [0.1, 0.15) is 0 Å². The number of rotatable bonds is 6. The number of nitrogens with one attached hydrogen (secondary N) is 2. The Morgan fingerprint density at radius 3 is 2.58 bits per heavy atom. The number of anilines is 1. The molecule has 3 aromatic carbocycles. The van der Waals surface area contributed by atoms with E-state index < -0.39 is 0 Å². The van der Waals surface area contributed by atoms with Crippen LogP contribution in [0.1, 0.15) is 40.4 Å². The lowest BCUT2D eigenvalue weighted by Crippen LogP contribution is -2.44. The van der Waals surface area contributed by atoms with Gasteiger partial charge in [-0.2, -0.15) is 0 Å². The average Bonchev–Trinajstić information content (AvgIpc) is 3.24. The maximum absolute atomic E-state index is 12.6. The first-order chi connectivity index (χ1) is 16.0. The van der Waals surface area contributed by atoms with E-state index in [4.69, 9.17) is 0 Å². The molecule has 1 aromatic heterocycles. The normalized spacial score (nSPS) is 17.4. The zero-order valence-corrected chi connectivity index (χ0v) is 18.5. The summed E-state index contributed by atoms with van der Waals surface area (Å²) in [5.74, 6) is 0.422. The highest BCUT2D eigenvalue weighted by atomic mass is 16.2. The number of imidazole rings is 1. The summed E-state index contributed by atoms with van der Waals surface area (Å²) in [6.45, 7) is 2.00. The second-order valence-corrected chi connectivity index (χ2v) is 8.73. The van der Waals surface area contributed by atoms with Gasteiger partial charge in [-0.1, -0.05) is 60.2 Å². The van der Waals surface area contributed by atoms with Crippen LogP contribution in [0.2, 0.25) is 0 Å². The summed E-state index contributed by atoms with van der Waals surface area (Å²) in [6.07, 6.45) is 5.60. The largest absolute Gasteiger partial charge is 0.349 e. The molecule has 1 saturated carbocycles. The topological polar surface area (TPSA) is 76.0 Å². The zero-order valence-electron chi connectivity index (χ0n) is 18.5. The number of carbonyl (C=O) groups excluding carboxylic acids is 2. The predicted molar refractivity (Wildman–Crippen MR) is 129 cm³/mol. The molecule has 6 nitrogen and oxygen atoms in total. The predicted octanol–water partition coefficient (Wildman–Crippen LogP) is 4.66. The third kappa shape index (κ3) is 4.65. The maximum atomic E-state index is 12.6. The third-order valence-electron chi connectivity index (χ3n) is 6.28. The van der Waals surface area contributed by atoms with Crippen LogP contribution in [-0.4, -0.2) is 27.4 Å². The van der Waals surface area contributed by atoms with Gasteiger partial charge in [-0.25, -0.2) is 4.98 Å². The van der Waals surface area contributed by atoms with Crippen LogP contribution in [-0.2, 0) is 11.2 Å².